The molecule has 0 spiro atoms. The number of hydrogen-bond acceptors (Lipinski definition) is 3. The molecule has 0 bridgehead atoms. The van der Waals surface area contributed by atoms with Crippen LogP contribution >= 0.6 is 0 Å². The summed E-state index contributed by atoms with van der Waals surface area (Å²) in [5.74, 6) is 0.891. The van der Waals surface area contributed by atoms with Gasteiger partial charge in [-0.2, -0.15) is 0 Å². The smallest absolute Gasteiger partial charge is 0.211 e. The summed E-state index contributed by atoms with van der Waals surface area (Å²) in [4.78, 5) is 0. The zero-order valence-corrected chi connectivity index (χ0v) is 13.0. The lowest BCUT2D eigenvalue weighted by Crippen LogP contribution is -2.28. The summed E-state index contributed by atoms with van der Waals surface area (Å²) in [7, 11) is -3.05. The minimum Gasteiger partial charge on any atom is -0.317 e. The molecule has 18 heavy (non-hydrogen) atoms. The van der Waals surface area contributed by atoms with Crippen LogP contribution in [0, 0.1) is 5.92 Å². The third-order valence-corrected chi connectivity index (χ3v) is 4.19. The van der Waals surface area contributed by atoms with Gasteiger partial charge in [0.1, 0.15) is 0 Å². The highest BCUT2D eigenvalue weighted by Gasteiger charge is 2.08. The van der Waals surface area contributed by atoms with Gasteiger partial charge in [0, 0.05) is 6.54 Å². The van der Waals surface area contributed by atoms with E-state index < -0.39 is 10.0 Å². The predicted octanol–water partition coefficient (Wildman–Crippen LogP) is 2.12. The highest BCUT2D eigenvalue weighted by Crippen LogP contribution is 2.02. The van der Waals surface area contributed by atoms with Crippen molar-refractivity contribution in [2.75, 3.05) is 25.4 Å². The Labute approximate surface area is 113 Å². The average Bonchev–Trinajstić information content (AvgIpc) is 2.29. The Kier molecular flexibility index (Phi) is 10.7. The molecule has 0 aromatic heterocycles. The zero-order valence-electron chi connectivity index (χ0n) is 12.2. The monoisotopic (exact) mass is 278 g/mol. The van der Waals surface area contributed by atoms with E-state index in [0.29, 0.717) is 12.5 Å². The average molecular weight is 278 g/mol. The normalized spacial score (nSPS) is 12.2. The predicted molar refractivity (Wildman–Crippen MR) is 78.3 cm³/mol. The second-order valence-electron chi connectivity index (χ2n) is 5.21. The van der Waals surface area contributed by atoms with Crippen LogP contribution in [-0.4, -0.2) is 33.8 Å². The summed E-state index contributed by atoms with van der Waals surface area (Å²) in [6.45, 7) is 8.93. The SMILES string of the molecule is CCCNCCCCS(=O)(=O)NCCCC(C)C. The molecule has 0 heterocycles. The van der Waals surface area contributed by atoms with E-state index in [1.165, 1.54) is 0 Å². The van der Waals surface area contributed by atoms with Crippen molar-refractivity contribution in [2.45, 2.75) is 52.9 Å². The number of sulfonamides is 1. The van der Waals surface area contributed by atoms with E-state index in [1.54, 1.807) is 0 Å². The molecule has 0 saturated heterocycles. The maximum atomic E-state index is 11.6. The summed E-state index contributed by atoms with van der Waals surface area (Å²) in [6, 6.07) is 0. The van der Waals surface area contributed by atoms with Gasteiger partial charge in [0.15, 0.2) is 0 Å². The minimum atomic E-state index is -3.05. The Bertz CT molecular complexity index is 277. The fourth-order valence-corrected chi connectivity index (χ4v) is 2.84. The topological polar surface area (TPSA) is 58.2 Å². The molecule has 0 aliphatic rings. The van der Waals surface area contributed by atoms with Crippen LogP contribution in [0.5, 0.6) is 0 Å². The lowest BCUT2D eigenvalue weighted by Gasteiger charge is -2.08. The molecule has 0 aliphatic heterocycles. The summed E-state index contributed by atoms with van der Waals surface area (Å²) >= 11 is 0. The molecule has 0 atom stereocenters. The zero-order chi connectivity index (χ0) is 13.9. The first-order chi connectivity index (χ1) is 8.48. The summed E-state index contributed by atoms with van der Waals surface area (Å²) < 4.78 is 25.9. The van der Waals surface area contributed by atoms with Crippen molar-refractivity contribution < 1.29 is 8.42 Å². The van der Waals surface area contributed by atoms with Crippen LogP contribution in [0.1, 0.15) is 52.9 Å². The van der Waals surface area contributed by atoms with Crippen molar-refractivity contribution in [3.8, 4) is 0 Å². The molecular formula is C13H30N2O2S. The summed E-state index contributed by atoms with van der Waals surface area (Å²) in [5.41, 5.74) is 0. The lowest BCUT2D eigenvalue weighted by atomic mass is 10.1. The highest BCUT2D eigenvalue weighted by molar-refractivity contribution is 7.89. The standard InChI is InChI=1S/C13H30N2O2S/c1-4-9-14-10-5-6-12-18(16,17)15-11-7-8-13(2)3/h13-15H,4-12H2,1-3H3. The maximum Gasteiger partial charge on any atom is 0.211 e. The van der Waals surface area contributed by atoms with Crippen molar-refractivity contribution in [1.29, 1.82) is 0 Å². The first-order valence-corrected chi connectivity index (χ1v) is 8.81. The third kappa shape index (κ3) is 12.3. The van der Waals surface area contributed by atoms with Crippen LogP contribution in [0.4, 0.5) is 0 Å². The van der Waals surface area contributed by atoms with Gasteiger partial charge < -0.3 is 5.32 Å². The van der Waals surface area contributed by atoms with Crippen LogP contribution in [0.15, 0.2) is 0 Å². The van der Waals surface area contributed by atoms with Gasteiger partial charge in [0.2, 0.25) is 10.0 Å². The minimum absolute atomic E-state index is 0.252. The van der Waals surface area contributed by atoms with Crippen LogP contribution in [0.25, 0.3) is 0 Å². The molecule has 0 amide bonds. The molecule has 0 saturated carbocycles. The van der Waals surface area contributed by atoms with Gasteiger partial charge in [0.05, 0.1) is 5.75 Å². The van der Waals surface area contributed by atoms with Gasteiger partial charge >= 0.3 is 0 Å². The first-order valence-electron chi connectivity index (χ1n) is 7.16. The van der Waals surface area contributed by atoms with Crippen molar-refractivity contribution >= 4 is 10.0 Å². The van der Waals surface area contributed by atoms with Crippen molar-refractivity contribution in [1.82, 2.24) is 10.0 Å². The number of nitrogens with one attached hydrogen (secondary N) is 2. The molecule has 0 fully saturated rings. The molecule has 0 rings (SSSR count). The Morgan fingerprint density at radius 3 is 2.33 bits per heavy atom. The lowest BCUT2D eigenvalue weighted by molar-refractivity contribution is 0.538. The molecule has 4 nitrogen and oxygen atoms in total. The van der Waals surface area contributed by atoms with Crippen LogP contribution in [0.2, 0.25) is 0 Å². The Morgan fingerprint density at radius 2 is 1.72 bits per heavy atom. The van der Waals surface area contributed by atoms with Crippen molar-refractivity contribution in [3.63, 3.8) is 0 Å². The second kappa shape index (κ2) is 10.8. The van der Waals surface area contributed by atoms with E-state index in [9.17, 15) is 8.42 Å². The molecule has 0 radical (unpaired) electrons. The van der Waals surface area contributed by atoms with Crippen molar-refractivity contribution in [3.05, 3.63) is 0 Å². The van der Waals surface area contributed by atoms with Gasteiger partial charge in [-0.15, -0.1) is 0 Å². The number of unbranched alkanes of at least 4 members (excludes halogenated alkanes) is 1. The van der Waals surface area contributed by atoms with E-state index in [2.05, 4.69) is 30.8 Å². The molecule has 110 valence electrons. The van der Waals surface area contributed by atoms with E-state index in [1.807, 2.05) is 0 Å². The fourth-order valence-electron chi connectivity index (χ4n) is 1.65. The van der Waals surface area contributed by atoms with E-state index >= 15 is 0 Å². The molecule has 0 aromatic rings. The molecule has 0 aromatic carbocycles. The largest absolute Gasteiger partial charge is 0.317 e. The van der Waals surface area contributed by atoms with Crippen LogP contribution in [-0.2, 0) is 10.0 Å². The third-order valence-electron chi connectivity index (χ3n) is 2.72. The number of hydrogen-bond donors (Lipinski definition) is 2. The summed E-state index contributed by atoms with van der Waals surface area (Å²) in [6.07, 6.45) is 4.78. The van der Waals surface area contributed by atoms with Gasteiger partial charge in [-0.3, -0.25) is 0 Å². The van der Waals surface area contributed by atoms with E-state index in [0.717, 1.165) is 45.2 Å². The fraction of sp³-hybridized carbons (Fsp3) is 1.00. The Hall–Kier alpha value is -0.130. The van der Waals surface area contributed by atoms with Gasteiger partial charge in [-0.05, 0) is 51.1 Å². The molecule has 5 heteroatoms. The molecular weight excluding hydrogens is 248 g/mol. The quantitative estimate of drug-likeness (QED) is 0.538. The Morgan fingerprint density at radius 1 is 1.00 bits per heavy atom. The molecule has 0 aliphatic carbocycles. The highest BCUT2D eigenvalue weighted by atomic mass is 32.2. The molecule has 0 unspecified atom stereocenters. The van der Waals surface area contributed by atoms with Gasteiger partial charge in [-0.25, -0.2) is 13.1 Å². The van der Waals surface area contributed by atoms with Crippen molar-refractivity contribution in [2.24, 2.45) is 5.92 Å². The van der Waals surface area contributed by atoms with Crippen LogP contribution in [0.3, 0.4) is 0 Å². The van der Waals surface area contributed by atoms with Gasteiger partial charge in [0.25, 0.3) is 0 Å². The second-order valence-corrected chi connectivity index (χ2v) is 7.13. The van der Waals surface area contributed by atoms with Crippen LogP contribution < -0.4 is 10.0 Å². The number of rotatable bonds is 12. The first kappa shape index (κ1) is 17.9. The van der Waals surface area contributed by atoms with E-state index in [-0.39, 0.29) is 5.75 Å². The molecule has 2 N–H and O–H groups in total. The summed E-state index contributed by atoms with van der Waals surface area (Å²) in [5, 5.41) is 3.27. The van der Waals surface area contributed by atoms with Gasteiger partial charge in [-0.1, -0.05) is 20.8 Å². The maximum absolute atomic E-state index is 11.6. The van der Waals surface area contributed by atoms with E-state index in [4.69, 9.17) is 0 Å². The Balaban J connectivity index is 3.49.